The Morgan fingerprint density at radius 3 is 2.61 bits per heavy atom. The molecular formula is C21H23N3O3S. The topological polar surface area (TPSA) is 70.7 Å². The first-order valence-corrected chi connectivity index (χ1v) is 9.73. The van der Waals surface area contributed by atoms with Crippen molar-refractivity contribution in [2.24, 2.45) is 0 Å². The van der Waals surface area contributed by atoms with Crippen molar-refractivity contribution in [2.75, 3.05) is 25.0 Å². The molecule has 6 nitrogen and oxygen atoms in total. The summed E-state index contributed by atoms with van der Waals surface area (Å²) in [6.07, 6.45) is 2.09. The first-order chi connectivity index (χ1) is 13.6. The van der Waals surface area contributed by atoms with Gasteiger partial charge in [-0.25, -0.2) is 0 Å². The number of carbonyl (C=O) groups excluding carboxylic acids is 2. The van der Waals surface area contributed by atoms with Gasteiger partial charge in [0.2, 0.25) is 0 Å². The molecule has 2 aromatic rings. The molecule has 0 saturated carbocycles. The van der Waals surface area contributed by atoms with Gasteiger partial charge in [0, 0.05) is 24.3 Å². The van der Waals surface area contributed by atoms with Gasteiger partial charge in [-0.3, -0.25) is 14.9 Å². The number of ether oxygens (including phenoxy) is 1. The molecule has 0 bridgehead atoms. The summed E-state index contributed by atoms with van der Waals surface area (Å²) < 4.78 is 5.48. The Labute approximate surface area is 169 Å². The normalized spacial score (nSPS) is 13.1. The number of carbonyl (C=O) groups is 2. The smallest absolute Gasteiger partial charge is 0.261 e. The number of anilines is 1. The van der Waals surface area contributed by atoms with E-state index in [0.29, 0.717) is 29.2 Å². The fourth-order valence-corrected chi connectivity index (χ4v) is 3.31. The highest BCUT2D eigenvalue weighted by molar-refractivity contribution is 7.80. The molecule has 1 fully saturated rings. The van der Waals surface area contributed by atoms with Crippen molar-refractivity contribution >= 4 is 34.8 Å². The number of likely N-dealkylation sites (tertiary alicyclic amines) is 1. The predicted molar refractivity (Wildman–Crippen MR) is 113 cm³/mol. The van der Waals surface area contributed by atoms with Crippen molar-refractivity contribution < 1.29 is 14.3 Å². The molecule has 0 atom stereocenters. The lowest BCUT2D eigenvalue weighted by molar-refractivity contribution is 0.0792. The Bertz CT molecular complexity index is 879. The van der Waals surface area contributed by atoms with Crippen LogP contribution in [-0.2, 0) is 0 Å². The largest absolute Gasteiger partial charge is 0.493 e. The summed E-state index contributed by atoms with van der Waals surface area (Å²) in [4.78, 5) is 26.9. The first-order valence-electron chi connectivity index (χ1n) is 9.32. The van der Waals surface area contributed by atoms with Gasteiger partial charge < -0.3 is 15.0 Å². The molecule has 2 N–H and O–H groups in total. The Hall–Kier alpha value is -2.93. The number of hydrogen-bond donors (Lipinski definition) is 2. The van der Waals surface area contributed by atoms with Gasteiger partial charge in [-0.1, -0.05) is 18.2 Å². The minimum Gasteiger partial charge on any atom is -0.493 e. The van der Waals surface area contributed by atoms with Crippen LogP contribution in [0.5, 0.6) is 5.75 Å². The zero-order chi connectivity index (χ0) is 19.9. The monoisotopic (exact) mass is 397 g/mol. The number of benzene rings is 2. The van der Waals surface area contributed by atoms with Gasteiger partial charge in [0.25, 0.3) is 11.8 Å². The third-order valence-corrected chi connectivity index (χ3v) is 4.62. The maximum atomic E-state index is 12.5. The number of para-hydroxylation sites is 1. The summed E-state index contributed by atoms with van der Waals surface area (Å²) in [5.41, 5.74) is 1.66. The summed E-state index contributed by atoms with van der Waals surface area (Å²) in [6.45, 7) is 3.91. The van der Waals surface area contributed by atoms with Gasteiger partial charge in [-0.15, -0.1) is 0 Å². The summed E-state index contributed by atoms with van der Waals surface area (Å²) >= 11 is 5.26. The highest BCUT2D eigenvalue weighted by Gasteiger charge is 2.19. The van der Waals surface area contributed by atoms with Gasteiger partial charge >= 0.3 is 0 Å². The molecule has 0 spiro atoms. The average Bonchev–Trinajstić information content (AvgIpc) is 3.23. The zero-order valence-electron chi connectivity index (χ0n) is 15.7. The van der Waals surface area contributed by atoms with Gasteiger partial charge in [0.1, 0.15) is 5.75 Å². The standard InChI is InChI=1S/C21H23N3O3S/c1-2-27-18-11-4-3-10-17(18)19(25)23-21(28)22-16-9-7-8-15(14-16)20(26)24-12-5-6-13-24/h3-4,7-11,14H,2,5-6,12-13H2,1H3,(H2,22,23,25,28). The molecule has 0 aromatic heterocycles. The molecule has 146 valence electrons. The van der Waals surface area contributed by atoms with E-state index in [1.807, 2.05) is 11.8 Å². The van der Waals surface area contributed by atoms with Crippen LogP contribution in [0.25, 0.3) is 0 Å². The Morgan fingerprint density at radius 2 is 1.86 bits per heavy atom. The molecule has 7 heteroatoms. The molecule has 1 saturated heterocycles. The van der Waals surface area contributed by atoms with Crippen LogP contribution in [0, 0.1) is 0 Å². The van der Waals surface area contributed by atoms with Gasteiger partial charge in [-0.05, 0) is 62.3 Å². The summed E-state index contributed by atoms with van der Waals surface area (Å²) in [6, 6.07) is 14.1. The van der Waals surface area contributed by atoms with Crippen LogP contribution in [0.15, 0.2) is 48.5 Å². The van der Waals surface area contributed by atoms with E-state index >= 15 is 0 Å². The van der Waals surface area contributed by atoms with Crippen molar-refractivity contribution in [3.63, 3.8) is 0 Å². The van der Waals surface area contributed by atoms with Crippen LogP contribution in [0.3, 0.4) is 0 Å². The lowest BCUT2D eigenvalue weighted by atomic mass is 10.1. The van der Waals surface area contributed by atoms with E-state index in [-0.39, 0.29) is 16.9 Å². The van der Waals surface area contributed by atoms with Crippen LogP contribution in [0.1, 0.15) is 40.5 Å². The van der Waals surface area contributed by atoms with E-state index in [1.54, 1.807) is 48.5 Å². The molecule has 2 amide bonds. The third kappa shape index (κ3) is 4.86. The van der Waals surface area contributed by atoms with E-state index in [0.717, 1.165) is 25.9 Å². The molecule has 2 aromatic carbocycles. The van der Waals surface area contributed by atoms with Crippen LogP contribution in [0.4, 0.5) is 5.69 Å². The van der Waals surface area contributed by atoms with Crippen LogP contribution in [-0.4, -0.2) is 41.5 Å². The quantitative estimate of drug-likeness (QED) is 0.757. The molecule has 1 aliphatic rings. The summed E-state index contributed by atoms with van der Waals surface area (Å²) in [5, 5.41) is 5.78. The molecule has 1 heterocycles. The number of hydrogen-bond acceptors (Lipinski definition) is 4. The number of nitrogens with zero attached hydrogens (tertiary/aromatic N) is 1. The third-order valence-electron chi connectivity index (χ3n) is 4.42. The molecular weight excluding hydrogens is 374 g/mol. The highest BCUT2D eigenvalue weighted by atomic mass is 32.1. The van der Waals surface area contributed by atoms with Gasteiger partial charge in [0.15, 0.2) is 5.11 Å². The lowest BCUT2D eigenvalue weighted by Crippen LogP contribution is -2.34. The van der Waals surface area contributed by atoms with Crippen molar-refractivity contribution in [1.29, 1.82) is 0 Å². The maximum Gasteiger partial charge on any atom is 0.261 e. The predicted octanol–water partition coefficient (Wildman–Crippen LogP) is 3.45. The van der Waals surface area contributed by atoms with E-state index in [2.05, 4.69) is 10.6 Å². The van der Waals surface area contributed by atoms with Crippen LogP contribution >= 0.6 is 12.2 Å². The van der Waals surface area contributed by atoms with E-state index in [9.17, 15) is 9.59 Å². The first kappa shape index (κ1) is 19.8. The summed E-state index contributed by atoms with van der Waals surface area (Å²) in [7, 11) is 0. The number of nitrogens with one attached hydrogen (secondary N) is 2. The van der Waals surface area contributed by atoms with Gasteiger partial charge in [0.05, 0.1) is 12.2 Å². The second kappa shape index (κ2) is 9.32. The van der Waals surface area contributed by atoms with Crippen LogP contribution in [0.2, 0.25) is 0 Å². The summed E-state index contributed by atoms with van der Waals surface area (Å²) in [5.74, 6) is 0.163. The Kier molecular flexibility index (Phi) is 6.60. The number of thiocarbonyl (C=S) groups is 1. The average molecular weight is 398 g/mol. The fourth-order valence-electron chi connectivity index (χ4n) is 3.10. The van der Waals surface area contributed by atoms with E-state index in [1.165, 1.54) is 0 Å². The van der Waals surface area contributed by atoms with Crippen molar-refractivity contribution in [2.45, 2.75) is 19.8 Å². The lowest BCUT2D eigenvalue weighted by Gasteiger charge is -2.16. The number of rotatable bonds is 5. The Morgan fingerprint density at radius 1 is 1.11 bits per heavy atom. The second-order valence-corrected chi connectivity index (χ2v) is 6.83. The highest BCUT2D eigenvalue weighted by Crippen LogP contribution is 2.18. The minimum atomic E-state index is -0.356. The van der Waals surface area contributed by atoms with E-state index < -0.39 is 0 Å². The molecule has 0 aliphatic carbocycles. The minimum absolute atomic E-state index is 0.0155. The van der Waals surface area contributed by atoms with Gasteiger partial charge in [-0.2, -0.15) is 0 Å². The van der Waals surface area contributed by atoms with Crippen molar-refractivity contribution in [3.05, 3.63) is 59.7 Å². The zero-order valence-corrected chi connectivity index (χ0v) is 16.6. The Balaban J connectivity index is 1.64. The van der Waals surface area contributed by atoms with Crippen LogP contribution < -0.4 is 15.4 Å². The molecule has 0 unspecified atom stereocenters. The van der Waals surface area contributed by atoms with E-state index in [4.69, 9.17) is 17.0 Å². The molecule has 28 heavy (non-hydrogen) atoms. The van der Waals surface area contributed by atoms with Crippen molar-refractivity contribution in [1.82, 2.24) is 10.2 Å². The molecule has 3 rings (SSSR count). The SMILES string of the molecule is CCOc1ccccc1C(=O)NC(=S)Nc1cccc(C(=O)N2CCCC2)c1. The molecule has 0 radical (unpaired) electrons. The fraction of sp³-hybridized carbons (Fsp3) is 0.286. The maximum absolute atomic E-state index is 12.5. The van der Waals surface area contributed by atoms with Crippen molar-refractivity contribution in [3.8, 4) is 5.75 Å². The second-order valence-electron chi connectivity index (χ2n) is 6.42. The molecule has 1 aliphatic heterocycles. The number of amides is 2.